The van der Waals surface area contributed by atoms with Crippen LogP contribution in [0, 0.1) is 5.92 Å². The lowest BCUT2D eigenvalue weighted by Crippen LogP contribution is -2.47. The summed E-state index contributed by atoms with van der Waals surface area (Å²) in [5.74, 6) is -0.180. The molecule has 0 aromatic heterocycles. The van der Waals surface area contributed by atoms with Crippen LogP contribution in [0.5, 0.6) is 0 Å². The molecule has 3 heteroatoms. The molecule has 0 aromatic rings. The third kappa shape index (κ3) is 1.85. The lowest BCUT2D eigenvalue weighted by molar-refractivity contribution is -0.140. The van der Waals surface area contributed by atoms with Gasteiger partial charge in [-0.25, -0.2) is 0 Å². The molecule has 0 spiro atoms. The molecule has 0 bridgehead atoms. The van der Waals surface area contributed by atoms with E-state index >= 15 is 0 Å². The zero-order valence-corrected chi connectivity index (χ0v) is 8.71. The summed E-state index contributed by atoms with van der Waals surface area (Å²) < 4.78 is 0. The molecule has 1 saturated carbocycles. The molecule has 1 rings (SSSR count). The van der Waals surface area contributed by atoms with Gasteiger partial charge in [0.15, 0.2) is 0 Å². The molecule has 3 nitrogen and oxygen atoms in total. The van der Waals surface area contributed by atoms with E-state index in [0.717, 1.165) is 19.3 Å². The molecule has 0 heterocycles. The Bertz CT molecular complexity index is 203. The van der Waals surface area contributed by atoms with Gasteiger partial charge in [-0.1, -0.05) is 13.3 Å². The van der Waals surface area contributed by atoms with Gasteiger partial charge in [-0.05, 0) is 32.9 Å². The second-order valence-corrected chi connectivity index (χ2v) is 4.36. The van der Waals surface area contributed by atoms with Gasteiger partial charge in [-0.15, -0.1) is 0 Å². The number of carboxylic acids is 1. The Balaban J connectivity index is 2.80. The summed E-state index contributed by atoms with van der Waals surface area (Å²) in [4.78, 5) is 12.9. The van der Waals surface area contributed by atoms with Crippen molar-refractivity contribution in [2.45, 2.75) is 38.1 Å². The first-order valence-corrected chi connectivity index (χ1v) is 4.88. The van der Waals surface area contributed by atoms with E-state index in [4.69, 9.17) is 5.11 Å². The Kier molecular flexibility index (Phi) is 2.96. The number of hydrogen-bond donors (Lipinski definition) is 1. The maximum atomic E-state index is 10.8. The molecule has 0 amide bonds. The van der Waals surface area contributed by atoms with E-state index in [1.165, 1.54) is 0 Å². The molecule has 76 valence electrons. The van der Waals surface area contributed by atoms with E-state index in [1.54, 1.807) is 0 Å². The maximum Gasteiger partial charge on any atom is 0.305 e. The summed E-state index contributed by atoms with van der Waals surface area (Å²) >= 11 is 0. The maximum absolute atomic E-state index is 10.8. The molecule has 0 radical (unpaired) electrons. The molecule has 0 saturated heterocycles. The van der Waals surface area contributed by atoms with E-state index < -0.39 is 5.97 Å². The standard InChI is InChI=1S/C10H19NO2/c1-8-5-4-6-10(8,11(2)3)7-9(12)13/h8H,4-7H2,1-3H3,(H,12,13). The van der Waals surface area contributed by atoms with E-state index in [2.05, 4.69) is 11.8 Å². The third-order valence-electron chi connectivity index (χ3n) is 3.51. The minimum atomic E-state index is -0.678. The highest BCUT2D eigenvalue weighted by Crippen LogP contribution is 2.41. The predicted molar refractivity (Wildman–Crippen MR) is 51.7 cm³/mol. The zero-order chi connectivity index (χ0) is 10.1. The summed E-state index contributed by atoms with van der Waals surface area (Å²) in [6.07, 6.45) is 3.62. The first kappa shape index (κ1) is 10.5. The van der Waals surface area contributed by atoms with Gasteiger partial charge in [0, 0.05) is 5.54 Å². The quantitative estimate of drug-likeness (QED) is 0.725. The van der Waals surface area contributed by atoms with Gasteiger partial charge in [-0.2, -0.15) is 0 Å². The Labute approximate surface area is 79.7 Å². The number of hydrogen-bond acceptors (Lipinski definition) is 2. The monoisotopic (exact) mass is 185 g/mol. The Morgan fingerprint density at radius 1 is 1.62 bits per heavy atom. The minimum absolute atomic E-state index is 0.0914. The van der Waals surface area contributed by atoms with Crippen LogP contribution in [0.4, 0.5) is 0 Å². The Hall–Kier alpha value is -0.570. The van der Waals surface area contributed by atoms with Crippen molar-refractivity contribution < 1.29 is 9.90 Å². The highest BCUT2D eigenvalue weighted by molar-refractivity contribution is 5.68. The summed E-state index contributed by atoms with van der Waals surface area (Å²) in [6, 6.07) is 0. The van der Waals surface area contributed by atoms with Crippen molar-refractivity contribution in [2.75, 3.05) is 14.1 Å². The van der Waals surface area contributed by atoms with Crippen LogP contribution in [0.15, 0.2) is 0 Å². The number of carboxylic acid groups (broad SMARTS) is 1. The molecule has 2 atom stereocenters. The lowest BCUT2D eigenvalue weighted by Gasteiger charge is -2.39. The van der Waals surface area contributed by atoms with Crippen molar-refractivity contribution in [3.05, 3.63) is 0 Å². The van der Waals surface area contributed by atoms with Crippen LogP contribution >= 0.6 is 0 Å². The topological polar surface area (TPSA) is 40.5 Å². The van der Waals surface area contributed by atoms with Gasteiger partial charge in [0.1, 0.15) is 0 Å². The van der Waals surface area contributed by atoms with Crippen molar-refractivity contribution in [2.24, 2.45) is 5.92 Å². The Morgan fingerprint density at radius 2 is 2.23 bits per heavy atom. The smallest absolute Gasteiger partial charge is 0.305 e. The van der Waals surface area contributed by atoms with Gasteiger partial charge in [0.2, 0.25) is 0 Å². The van der Waals surface area contributed by atoms with Crippen molar-refractivity contribution >= 4 is 5.97 Å². The summed E-state index contributed by atoms with van der Waals surface area (Å²) in [5.41, 5.74) is -0.0914. The van der Waals surface area contributed by atoms with Crippen LogP contribution in [0.3, 0.4) is 0 Å². The van der Waals surface area contributed by atoms with Gasteiger partial charge < -0.3 is 10.0 Å². The fourth-order valence-electron chi connectivity index (χ4n) is 2.58. The second kappa shape index (κ2) is 3.66. The fourth-order valence-corrected chi connectivity index (χ4v) is 2.58. The Morgan fingerprint density at radius 3 is 2.54 bits per heavy atom. The molecule has 1 aliphatic rings. The zero-order valence-electron chi connectivity index (χ0n) is 8.71. The summed E-state index contributed by atoms with van der Waals surface area (Å²) in [5, 5.41) is 8.88. The van der Waals surface area contributed by atoms with Crippen molar-refractivity contribution in [3.63, 3.8) is 0 Å². The van der Waals surface area contributed by atoms with Crippen molar-refractivity contribution in [3.8, 4) is 0 Å². The fraction of sp³-hybridized carbons (Fsp3) is 0.900. The van der Waals surface area contributed by atoms with E-state index in [9.17, 15) is 4.79 Å². The van der Waals surface area contributed by atoms with Crippen LogP contribution in [0.2, 0.25) is 0 Å². The van der Waals surface area contributed by atoms with Gasteiger partial charge in [0.05, 0.1) is 6.42 Å². The van der Waals surface area contributed by atoms with Crippen LogP contribution in [-0.4, -0.2) is 35.6 Å². The van der Waals surface area contributed by atoms with E-state index in [-0.39, 0.29) is 12.0 Å². The predicted octanol–water partition coefficient (Wildman–Crippen LogP) is 1.58. The average molecular weight is 185 g/mol. The number of rotatable bonds is 3. The first-order valence-electron chi connectivity index (χ1n) is 4.88. The lowest BCUT2D eigenvalue weighted by atomic mass is 9.84. The number of nitrogens with zero attached hydrogens (tertiary/aromatic N) is 1. The van der Waals surface area contributed by atoms with Crippen LogP contribution in [0.25, 0.3) is 0 Å². The van der Waals surface area contributed by atoms with Crippen LogP contribution in [0.1, 0.15) is 32.6 Å². The normalized spacial score (nSPS) is 34.0. The molecule has 2 unspecified atom stereocenters. The highest BCUT2D eigenvalue weighted by atomic mass is 16.4. The van der Waals surface area contributed by atoms with E-state index in [0.29, 0.717) is 5.92 Å². The SMILES string of the molecule is CC1CCCC1(CC(=O)O)N(C)C. The van der Waals surface area contributed by atoms with Crippen molar-refractivity contribution in [1.82, 2.24) is 4.90 Å². The minimum Gasteiger partial charge on any atom is -0.481 e. The van der Waals surface area contributed by atoms with Crippen LogP contribution < -0.4 is 0 Å². The van der Waals surface area contributed by atoms with Gasteiger partial charge in [-0.3, -0.25) is 4.79 Å². The summed E-state index contributed by atoms with van der Waals surface area (Å²) in [7, 11) is 3.98. The van der Waals surface area contributed by atoms with Crippen molar-refractivity contribution in [1.29, 1.82) is 0 Å². The molecule has 1 N–H and O–H groups in total. The second-order valence-electron chi connectivity index (χ2n) is 4.36. The summed E-state index contributed by atoms with van der Waals surface area (Å²) in [6.45, 7) is 2.16. The molecule has 0 aliphatic heterocycles. The number of carbonyl (C=O) groups is 1. The third-order valence-corrected chi connectivity index (χ3v) is 3.51. The van der Waals surface area contributed by atoms with Gasteiger partial charge in [0.25, 0.3) is 0 Å². The molecule has 1 aliphatic carbocycles. The van der Waals surface area contributed by atoms with E-state index in [1.807, 2.05) is 14.1 Å². The average Bonchev–Trinajstić information content (AvgIpc) is 2.32. The molecular weight excluding hydrogens is 166 g/mol. The molecule has 1 fully saturated rings. The molecule has 13 heavy (non-hydrogen) atoms. The largest absolute Gasteiger partial charge is 0.481 e. The molecular formula is C10H19NO2. The van der Waals surface area contributed by atoms with Crippen LogP contribution in [-0.2, 0) is 4.79 Å². The first-order chi connectivity index (χ1) is 5.99. The number of aliphatic carboxylic acids is 1. The molecule has 0 aromatic carbocycles. The van der Waals surface area contributed by atoms with Gasteiger partial charge >= 0.3 is 5.97 Å². The highest BCUT2D eigenvalue weighted by Gasteiger charge is 2.43.